The van der Waals surface area contributed by atoms with Crippen LogP contribution in [0.5, 0.6) is 0 Å². The lowest BCUT2D eigenvalue weighted by Gasteiger charge is -2.14. The van der Waals surface area contributed by atoms with Crippen molar-refractivity contribution in [1.82, 2.24) is 20.2 Å². The third kappa shape index (κ3) is 4.99. The van der Waals surface area contributed by atoms with Crippen molar-refractivity contribution >= 4 is 28.3 Å². The fraction of sp³-hybridized carbons (Fsp3) is 0.412. The first-order valence-corrected chi connectivity index (χ1v) is 9.24. The monoisotopic (exact) mass is 359 g/mol. The van der Waals surface area contributed by atoms with Gasteiger partial charge in [0, 0.05) is 50.4 Å². The lowest BCUT2D eigenvalue weighted by molar-refractivity contribution is -0.127. The molecule has 0 spiro atoms. The van der Waals surface area contributed by atoms with E-state index in [2.05, 4.69) is 20.6 Å². The Morgan fingerprint density at radius 3 is 3.08 bits per heavy atom. The van der Waals surface area contributed by atoms with E-state index < -0.39 is 0 Å². The highest BCUT2D eigenvalue weighted by Crippen LogP contribution is 2.16. The minimum absolute atomic E-state index is 0.182. The van der Waals surface area contributed by atoms with Crippen LogP contribution < -0.4 is 10.6 Å². The molecule has 25 heavy (non-hydrogen) atoms. The molecule has 2 N–H and O–H groups in total. The number of anilines is 1. The minimum Gasteiger partial charge on any atom is -0.357 e. The Bertz CT molecular complexity index is 719. The number of rotatable bonds is 8. The van der Waals surface area contributed by atoms with Gasteiger partial charge >= 0.3 is 0 Å². The van der Waals surface area contributed by atoms with Crippen molar-refractivity contribution in [2.45, 2.75) is 25.8 Å². The summed E-state index contributed by atoms with van der Waals surface area (Å²) in [6.45, 7) is 2.70. The van der Waals surface area contributed by atoms with Gasteiger partial charge in [-0.15, -0.1) is 11.3 Å². The minimum atomic E-state index is -0.182. The molecule has 0 atom stereocenters. The third-order valence-electron chi connectivity index (χ3n) is 3.97. The Labute approximate surface area is 150 Å². The summed E-state index contributed by atoms with van der Waals surface area (Å²) in [6, 6.07) is 3.86. The molecule has 132 valence electrons. The van der Waals surface area contributed by atoms with E-state index in [1.165, 1.54) is 11.3 Å². The number of aromatic nitrogens is 2. The molecule has 8 heteroatoms. The van der Waals surface area contributed by atoms with Gasteiger partial charge in [-0.2, -0.15) is 0 Å². The van der Waals surface area contributed by atoms with Crippen molar-refractivity contribution < 1.29 is 9.59 Å². The quantitative estimate of drug-likeness (QED) is 0.703. The third-order valence-corrected chi connectivity index (χ3v) is 4.77. The fourth-order valence-electron chi connectivity index (χ4n) is 2.64. The zero-order valence-electron chi connectivity index (χ0n) is 13.9. The summed E-state index contributed by atoms with van der Waals surface area (Å²) >= 11 is 1.40. The van der Waals surface area contributed by atoms with Gasteiger partial charge in [0.2, 0.25) is 5.91 Å². The summed E-state index contributed by atoms with van der Waals surface area (Å²) in [5, 5.41) is 8.49. The maximum atomic E-state index is 12.1. The van der Waals surface area contributed by atoms with Crippen LogP contribution in [-0.2, 0) is 11.3 Å². The Morgan fingerprint density at radius 2 is 2.32 bits per heavy atom. The van der Waals surface area contributed by atoms with Crippen LogP contribution in [0.25, 0.3) is 0 Å². The molecule has 0 unspecified atom stereocenters. The molecule has 2 aromatic rings. The summed E-state index contributed by atoms with van der Waals surface area (Å²) in [5.41, 5.74) is 1.47. The number of carbonyl (C=O) groups excluding carboxylic acids is 2. The van der Waals surface area contributed by atoms with E-state index in [4.69, 9.17) is 0 Å². The molecule has 1 aliphatic heterocycles. The van der Waals surface area contributed by atoms with Gasteiger partial charge in [0.15, 0.2) is 5.13 Å². The van der Waals surface area contributed by atoms with Gasteiger partial charge in [0.1, 0.15) is 5.69 Å². The molecular formula is C17H21N5O2S. The number of hydrogen-bond donors (Lipinski definition) is 2. The molecule has 7 nitrogen and oxygen atoms in total. The Balaban J connectivity index is 1.39. The molecule has 2 amide bonds. The smallest absolute Gasteiger partial charge is 0.270 e. The number of nitrogens with one attached hydrogen (secondary N) is 2. The number of pyridine rings is 1. The van der Waals surface area contributed by atoms with E-state index in [-0.39, 0.29) is 11.8 Å². The largest absolute Gasteiger partial charge is 0.357 e. The predicted molar refractivity (Wildman–Crippen MR) is 96.4 cm³/mol. The van der Waals surface area contributed by atoms with Gasteiger partial charge in [0.25, 0.3) is 5.91 Å². The average Bonchev–Trinajstić information content (AvgIpc) is 3.27. The molecule has 0 saturated carbocycles. The van der Waals surface area contributed by atoms with Crippen LogP contribution in [0.2, 0.25) is 0 Å². The van der Waals surface area contributed by atoms with Gasteiger partial charge in [-0.3, -0.25) is 14.6 Å². The van der Waals surface area contributed by atoms with E-state index in [1.54, 1.807) is 17.8 Å². The van der Waals surface area contributed by atoms with Gasteiger partial charge in [-0.25, -0.2) is 4.98 Å². The van der Waals surface area contributed by atoms with Crippen molar-refractivity contribution in [1.29, 1.82) is 0 Å². The highest BCUT2D eigenvalue weighted by molar-refractivity contribution is 7.13. The van der Waals surface area contributed by atoms with E-state index >= 15 is 0 Å². The molecule has 3 heterocycles. The van der Waals surface area contributed by atoms with Crippen molar-refractivity contribution in [3.05, 3.63) is 41.2 Å². The number of carbonyl (C=O) groups is 2. The second kappa shape index (κ2) is 8.57. The molecule has 2 aromatic heterocycles. The number of hydrogen-bond acceptors (Lipinski definition) is 6. The number of amides is 2. The van der Waals surface area contributed by atoms with E-state index in [1.807, 2.05) is 17.0 Å². The van der Waals surface area contributed by atoms with Crippen molar-refractivity contribution in [2.75, 3.05) is 25.0 Å². The summed E-state index contributed by atoms with van der Waals surface area (Å²) in [4.78, 5) is 33.8. The maximum absolute atomic E-state index is 12.1. The average molecular weight is 359 g/mol. The maximum Gasteiger partial charge on any atom is 0.270 e. The molecule has 1 saturated heterocycles. The fourth-order valence-corrected chi connectivity index (χ4v) is 3.33. The lowest BCUT2D eigenvalue weighted by atomic mass is 10.3. The van der Waals surface area contributed by atoms with E-state index in [9.17, 15) is 9.59 Å². The second-order valence-corrected chi connectivity index (χ2v) is 6.70. The first kappa shape index (κ1) is 17.3. The molecule has 0 bridgehead atoms. The summed E-state index contributed by atoms with van der Waals surface area (Å²) in [5.74, 6) is 0.0357. The summed E-state index contributed by atoms with van der Waals surface area (Å²) < 4.78 is 0. The first-order valence-electron chi connectivity index (χ1n) is 8.36. The van der Waals surface area contributed by atoms with E-state index in [0.717, 1.165) is 24.9 Å². The molecule has 3 rings (SSSR count). The lowest BCUT2D eigenvalue weighted by Crippen LogP contribution is -2.30. The van der Waals surface area contributed by atoms with E-state index in [0.29, 0.717) is 36.9 Å². The van der Waals surface area contributed by atoms with Crippen molar-refractivity contribution in [3.63, 3.8) is 0 Å². The zero-order chi connectivity index (χ0) is 17.5. The van der Waals surface area contributed by atoms with Crippen LogP contribution >= 0.6 is 11.3 Å². The topological polar surface area (TPSA) is 87.2 Å². The number of thiazole rings is 1. The van der Waals surface area contributed by atoms with Crippen molar-refractivity contribution in [3.8, 4) is 0 Å². The van der Waals surface area contributed by atoms with Crippen LogP contribution in [-0.4, -0.2) is 46.3 Å². The van der Waals surface area contributed by atoms with Crippen LogP contribution in [0, 0.1) is 0 Å². The van der Waals surface area contributed by atoms with Crippen molar-refractivity contribution in [2.24, 2.45) is 0 Å². The zero-order valence-corrected chi connectivity index (χ0v) is 14.7. The second-order valence-electron chi connectivity index (χ2n) is 5.85. The molecule has 1 aliphatic rings. The SMILES string of the molecule is O=C(NCCCN1CCCC1=O)c1csc(NCc2cccnc2)n1. The first-order chi connectivity index (χ1) is 12.2. The summed E-state index contributed by atoms with van der Waals surface area (Å²) in [6.07, 6.45) is 5.88. The highest BCUT2D eigenvalue weighted by Gasteiger charge is 2.19. The molecule has 0 aliphatic carbocycles. The Hall–Kier alpha value is -2.48. The van der Waals surface area contributed by atoms with Crippen LogP contribution in [0.1, 0.15) is 35.3 Å². The molecular weight excluding hydrogens is 338 g/mol. The summed E-state index contributed by atoms with van der Waals surface area (Å²) in [7, 11) is 0. The van der Waals surface area contributed by atoms with Gasteiger partial charge in [-0.05, 0) is 24.5 Å². The number of nitrogens with zero attached hydrogens (tertiary/aromatic N) is 3. The van der Waals surface area contributed by atoms with Gasteiger partial charge in [-0.1, -0.05) is 6.07 Å². The normalized spacial score (nSPS) is 13.9. The molecule has 0 radical (unpaired) electrons. The molecule has 1 fully saturated rings. The van der Waals surface area contributed by atoms with Gasteiger partial charge < -0.3 is 15.5 Å². The Morgan fingerprint density at radius 1 is 1.40 bits per heavy atom. The number of likely N-dealkylation sites (tertiary alicyclic amines) is 1. The predicted octanol–water partition coefficient (Wildman–Crippen LogP) is 1.89. The highest BCUT2D eigenvalue weighted by atomic mass is 32.1. The van der Waals surface area contributed by atoms with Crippen LogP contribution in [0.4, 0.5) is 5.13 Å². The van der Waals surface area contributed by atoms with Gasteiger partial charge in [0.05, 0.1) is 0 Å². The van der Waals surface area contributed by atoms with Crippen LogP contribution in [0.3, 0.4) is 0 Å². The molecule has 0 aromatic carbocycles. The van der Waals surface area contributed by atoms with Crippen LogP contribution in [0.15, 0.2) is 29.9 Å². The standard InChI is InChI=1S/C17H21N5O2S/c23-15-5-2-8-22(15)9-3-7-19-16(24)14-12-25-17(21-14)20-11-13-4-1-6-18-10-13/h1,4,6,10,12H,2-3,5,7-9,11H2,(H,19,24)(H,20,21). The Kier molecular flexibility index (Phi) is 5.95.